The Morgan fingerprint density at radius 1 is 1.04 bits per heavy atom. The summed E-state index contributed by atoms with van der Waals surface area (Å²) in [4.78, 5) is 9.21. The highest BCUT2D eigenvalue weighted by atomic mass is 19.1. The molecule has 0 amide bonds. The number of anilines is 1. The predicted molar refractivity (Wildman–Crippen MR) is 105 cm³/mol. The van der Waals surface area contributed by atoms with Gasteiger partial charge in [-0.05, 0) is 56.4 Å². The molecule has 0 spiro atoms. The Balaban J connectivity index is 1.55. The van der Waals surface area contributed by atoms with E-state index in [0.717, 1.165) is 55.8 Å². The molecule has 2 N–H and O–H groups in total. The molecule has 6 heteroatoms. The molecule has 2 atom stereocenters. The van der Waals surface area contributed by atoms with E-state index < -0.39 is 6.10 Å². The number of benzene rings is 1. The van der Waals surface area contributed by atoms with Crippen LogP contribution in [0.1, 0.15) is 30.4 Å². The number of aliphatic hydroxyl groups excluding tert-OH is 2. The van der Waals surface area contributed by atoms with Crippen molar-refractivity contribution in [3.8, 4) is 0 Å². The Morgan fingerprint density at radius 3 is 2.48 bits per heavy atom. The Labute approximate surface area is 159 Å². The average molecular weight is 373 g/mol. The molecule has 2 aliphatic heterocycles. The predicted octanol–water partition coefficient (Wildman–Crippen LogP) is 2.39. The number of β-amino-alcohol motifs (C(OH)–C–C–N with tert-alkyl or cyclic N) is 1. The van der Waals surface area contributed by atoms with E-state index in [4.69, 9.17) is 4.98 Å². The average Bonchev–Trinajstić information content (AvgIpc) is 2.65. The van der Waals surface area contributed by atoms with Crippen LogP contribution in [0.5, 0.6) is 0 Å². The second kappa shape index (κ2) is 7.34. The van der Waals surface area contributed by atoms with Crippen LogP contribution in [-0.4, -0.2) is 64.5 Å². The number of aromatic nitrogens is 1. The van der Waals surface area contributed by atoms with Crippen LogP contribution < -0.4 is 4.90 Å². The van der Waals surface area contributed by atoms with Crippen LogP contribution in [0.15, 0.2) is 18.2 Å². The molecule has 27 heavy (non-hydrogen) atoms. The van der Waals surface area contributed by atoms with Gasteiger partial charge in [-0.3, -0.25) is 4.90 Å². The van der Waals surface area contributed by atoms with Crippen molar-refractivity contribution in [2.45, 2.75) is 51.4 Å². The number of fused-ring (bicyclic) bond motifs is 1. The molecule has 2 aliphatic rings. The van der Waals surface area contributed by atoms with Gasteiger partial charge in [0.1, 0.15) is 11.6 Å². The Hall–Kier alpha value is -1.76. The monoisotopic (exact) mass is 373 g/mol. The first-order chi connectivity index (χ1) is 12.9. The summed E-state index contributed by atoms with van der Waals surface area (Å²) in [5.41, 5.74) is 2.57. The fraction of sp³-hybridized carbons (Fsp3) is 0.571. The van der Waals surface area contributed by atoms with E-state index in [-0.39, 0.29) is 18.0 Å². The largest absolute Gasteiger partial charge is 0.393 e. The van der Waals surface area contributed by atoms with Gasteiger partial charge in [0.05, 0.1) is 17.7 Å². The Bertz CT molecular complexity index is 836. The molecular formula is C21H28FN3O2. The molecule has 3 heterocycles. The van der Waals surface area contributed by atoms with E-state index in [2.05, 4.69) is 9.80 Å². The maximum Gasteiger partial charge on any atom is 0.132 e. The summed E-state index contributed by atoms with van der Waals surface area (Å²) in [6.07, 6.45) is 1.76. The van der Waals surface area contributed by atoms with Gasteiger partial charge in [0.15, 0.2) is 0 Å². The maximum atomic E-state index is 14.1. The highest BCUT2D eigenvalue weighted by molar-refractivity contribution is 5.85. The van der Waals surface area contributed by atoms with Crippen molar-refractivity contribution in [1.82, 2.24) is 9.88 Å². The zero-order valence-electron chi connectivity index (χ0n) is 16.0. The molecule has 0 bridgehead atoms. The molecule has 4 rings (SSSR count). The molecule has 0 radical (unpaired) electrons. The summed E-state index contributed by atoms with van der Waals surface area (Å²) in [5, 5.41) is 21.1. The molecule has 146 valence electrons. The molecule has 1 aromatic heterocycles. The number of likely N-dealkylation sites (tertiary alicyclic amines) is 1. The highest BCUT2D eigenvalue weighted by Gasteiger charge is 2.34. The lowest BCUT2D eigenvalue weighted by Gasteiger charge is -2.44. The third-order valence-electron chi connectivity index (χ3n) is 6.11. The van der Waals surface area contributed by atoms with Crippen LogP contribution in [0.3, 0.4) is 0 Å². The lowest BCUT2D eigenvalue weighted by molar-refractivity contribution is -0.000229. The van der Waals surface area contributed by atoms with Crippen molar-refractivity contribution in [2.24, 2.45) is 0 Å². The van der Waals surface area contributed by atoms with E-state index in [1.54, 1.807) is 6.07 Å². The molecule has 2 aromatic rings. The number of hydrogen-bond donors (Lipinski definition) is 2. The summed E-state index contributed by atoms with van der Waals surface area (Å²) in [5.74, 6) is 0.589. The van der Waals surface area contributed by atoms with Crippen LogP contribution in [-0.2, 0) is 0 Å². The number of halogens is 1. The maximum absolute atomic E-state index is 14.1. The Morgan fingerprint density at radius 2 is 1.78 bits per heavy atom. The molecular weight excluding hydrogens is 345 g/mol. The van der Waals surface area contributed by atoms with Crippen LogP contribution in [0.25, 0.3) is 10.9 Å². The number of nitrogens with zero attached hydrogens (tertiary/aromatic N) is 3. The van der Waals surface area contributed by atoms with Crippen molar-refractivity contribution in [2.75, 3.05) is 31.1 Å². The molecule has 1 aromatic carbocycles. The minimum atomic E-state index is -0.459. The number of hydrogen-bond acceptors (Lipinski definition) is 5. The number of pyridine rings is 1. The van der Waals surface area contributed by atoms with Gasteiger partial charge in [0.25, 0.3) is 0 Å². The zero-order chi connectivity index (χ0) is 19.1. The topological polar surface area (TPSA) is 59.8 Å². The minimum Gasteiger partial charge on any atom is -0.393 e. The Kier molecular flexibility index (Phi) is 5.05. The van der Waals surface area contributed by atoms with Crippen molar-refractivity contribution < 1.29 is 14.6 Å². The van der Waals surface area contributed by atoms with Gasteiger partial charge in [0, 0.05) is 37.6 Å². The lowest BCUT2D eigenvalue weighted by atomic mass is 9.96. The zero-order valence-corrected chi connectivity index (χ0v) is 16.0. The van der Waals surface area contributed by atoms with Crippen molar-refractivity contribution >= 4 is 16.7 Å². The van der Waals surface area contributed by atoms with Crippen LogP contribution in [0.4, 0.5) is 10.2 Å². The lowest BCUT2D eigenvalue weighted by Crippen LogP contribution is -2.56. The normalized spacial score (nSPS) is 25.3. The summed E-state index contributed by atoms with van der Waals surface area (Å²) in [6, 6.07) is 5.25. The summed E-state index contributed by atoms with van der Waals surface area (Å²) in [6.45, 7) is 6.92. The fourth-order valence-corrected chi connectivity index (χ4v) is 4.53. The third kappa shape index (κ3) is 3.53. The summed E-state index contributed by atoms with van der Waals surface area (Å²) in [7, 11) is 0. The molecule has 5 nitrogen and oxygen atoms in total. The second-order valence-electron chi connectivity index (χ2n) is 8.03. The van der Waals surface area contributed by atoms with Crippen LogP contribution >= 0.6 is 0 Å². The van der Waals surface area contributed by atoms with E-state index in [1.165, 1.54) is 6.07 Å². The van der Waals surface area contributed by atoms with Gasteiger partial charge in [-0.1, -0.05) is 6.07 Å². The van der Waals surface area contributed by atoms with Gasteiger partial charge >= 0.3 is 0 Å². The highest BCUT2D eigenvalue weighted by Crippen LogP contribution is 2.30. The quantitative estimate of drug-likeness (QED) is 0.847. The van der Waals surface area contributed by atoms with Gasteiger partial charge < -0.3 is 15.1 Å². The van der Waals surface area contributed by atoms with E-state index in [9.17, 15) is 14.6 Å². The molecule has 2 fully saturated rings. The van der Waals surface area contributed by atoms with Gasteiger partial charge in [-0.2, -0.15) is 0 Å². The first-order valence-electron chi connectivity index (χ1n) is 9.85. The van der Waals surface area contributed by atoms with Crippen LogP contribution in [0.2, 0.25) is 0 Å². The smallest absolute Gasteiger partial charge is 0.132 e. The summed E-state index contributed by atoms with van der Waals surface area (Å²) < 4.78 is 14.1. The fourth-order valence-electron chi connectivity index (χ4n) is 4.53. The number of aryl methyl sites for hydroxylation is 2. The van der Waals surface area contributed by atoms with Crippen molar-refractivity contribution in [3.63, 3.8) is 0 Å². The number of aliphatic hydroxyl groups is 2. The van der Waals surface area contributed by atoms with Gasteiger partial charge in [0.2, 0.25) is 0 Å². The molecule has 0 aliphatic carbocycles. The van der Waals surface area contributed by atoms with E-state index in [1.807, 2.05) is 19.9 Å². The number of rotatable bonds is 2. The van der Waals surface area contributed by atoms with E-state index in [0.29, 0.717) is 17.4 Å². The second-order valence-corrected chi connectivity index (χ2v) is 8.03. The van der Waals surface area contributed by atoms with Crippen molar-refractivity contribution in [1.29, 1.82) is 0 Å². The minimum absolute atomic E-state index is 0.133. The SMILES string of the molecule is Cc1cc2c(F)ccc(C)c2nc1N1CC[C@@H](N2CCC(O)CC2)[C@H](O)C1. The van der Waals surface area contributed by atoms with Crippen LogP contribution in [0, 0.1) is 19.7 Å². The third-order valence-corrected chi connectivity index (χ3v) is 6.11. The first-order valence-corrected chi connectivity index (χ1v) is 9.85. The molecule has 0 unspecified atom stereocenters. The molecule has 2 saturated heterocycles. The van der Waals surface area contributed by atoms with Crippen molar-refractivity contribution in [3.05, 3.63) is 35.1 Å². The first kappa shape index (κ1) is 18.6. The van der Waals surface area contributed by atoms with Gasteiger partial charge in [-0.15, -0.1) is 0 Å². The molecule has 0 saturated carbocycles. The van der Waals surface area contributed by atoms with E-state index >= 15 is 0 Å². The van der Waals surface area contributed by atoms with Gasteiger partial charge in [-0.25, -0.2) is 9.37 Å². The standard InChI is InChI=1S/C21H28FN3O2/c1-13-3-4-17(22)16-11-14(2)21(23-20(13)16)25-10-7-18(19(27)12-25)24-8-5-15(26)6-9-24/h3-4,11,15,18-19,26-27H,5-10,12H2,1-2H3/t18-,19-/m1/s1. The summed E-state index contributed by atoms with van der Waals surface area (Å²) >= 11 is 0. The number of piperidine rings is 2.